The summed E-state index contributed by atoms with van der Waals surface area (Å²) >= 11 is 5.78. The van der Waals surface area contributed by atoms with E-state index in [0.29, 0.717) is 22.4 Å². The van der Waals surface area contributed by atoms with Crippen LogP contribution in [0.4, 0.5) is 5.13 Å². The van der Waals surface area contributed by atoms with Crippen molar-refractivity contribution in [1.29, 1.82) is 0 Å². The Morgan fingerprint density at radius 2 is 1.56 bits per heavy atom. The third-order valence-corrected chi connectivity index (χ3v) is 15.0. The number of amides is 2. The van der Waals surface area contributed by atoms with Gasteiger partial charge in [0.25, 0.3) is 11.8 Å². The largest absolute Gasteiger partial charge is 0.497 e. The number of thioether (sulfide) groups is 2. The Morgan fingerprint density at radius 3 is 2.19 bits per heavy atom. The lowest BCUT2D eigenvalue weighted by Gasteiger charge is -2.49. The summed E-state index contributed by atoms with van der Waals surface area (Å²) in [5, 5.41) is 12.4. The first-order valence-electron chi connectivity index (χ1n) is 20.0. The van der Waals surface area contributed by atoms with Gasteiger partial charge in [-0.05, 0) is 46.0 Å². The number of carbonyl (C=O) groups excluding carboxylic acids is 3. The molecule has 1 saturated heterocycles. The number of anilines is 1. The van der Waals surface area contributed by atoms with Crippen LogP contribution >= 0.6 is 46.2 Å². The van der Waals surface area contributed by atoms with Crippen LogP contribution in [0.5, 0.6) is 5.75 Å². The lowest BCUT2D eigenvalue weighted by atomic mass is 9.77. The lowest BCUT2D eigenvalue weighted by molar-refractivity contribution is -0.153. The van der Waals surface area contributed by atoms with Crippen LogP contribution in [0.3, 0.4) is 0 Å². The quantitative estimate of drug-likeness (QED) is 0.0240. The van der Waals surface area contributed by atoms with Crippen molar-refractivity contribution in [1.82, 2.24) is 25.2 Å². The number of nitrogens with one attached hydrogen (secondary N) is 2. The summed E-state index contributed by atoms with van der Waals surface area (Å²) in [7, 11) is 2.92. The van der Waals surface area contributed by atoms with E-state index in [2.05, 4.69) is 62.2 Å². The van der Waals surface area contributed by atoms with E-state index in [9.17, 15) is 14.4 Å². The van der Waals surface area contributed by atoms with Gasteiger partial charge in [0.15, 0.2) is 15.2 Å². The number of β-lactam (4-membered cyclic amide) rings is 1. The number of hydrogen-bond acceptors (Lipinski definition) is 15. The normalized spacial score (nSPS) is 16.2. The van der Waals surface area contributed by atoms with E-state index in [0.717, 1.165) is 42.4 Å². The standard InChI is InChI=1S/C47H39N7O6S4/c1-58-34-20-18-29(19-21-34)25-60-44(57)40-30(27-63-46-50-35-24-48-23-22-37(35)64-46)26-61-43-39(42(56)54(40)43)51-41(55)38(53-59-2)36-28-62-45(49-36)52-47(31-12-6-3-7-13-31,32-14-8-4-9-15-32)33-16-10-5-11-17-33/h3-24,28,39,43H,25-27H2,1-2H3,(H,49,52)(H,51,55)/b53-38-. The summed E-state index contributed by atoms with van der Waals surface area (Å²) in [6, 6.07) is 38.5. The van der Waals surface area contributed by atoms with Gasteiger partial charge < -0.3 is 24.9 Å². The Balaban J connectivity index is 0.955. The number of nitrogens with zero attached hydrogens (tertiary/aromatic N) is 5. The van der Waals surface area contributed by atoms with Crippen molar-refractivity contribution in [2.45, 2.75) is 27.9 Å². The van der Waals surface area contributed by atoms with E-state index < -0.39 is 34.7 Å². The van der Waals surface area contributed by atoms with Crippen LogP contribution in [0.2, 0.25) is 0 Å². The van der Waals surface area contributed by atoms with E-state index in [1.807, 2.05) is 72.8 Å². The first-order chi connectivity index (χ1) is 31.4. The highest BCUT2D eigenvalue weighted by Crippen LogP contribution is 2.44. The number of thiazole rings is 2. The minimum Gasteiger partial charge on any atom is -0.497 e. The van der Waals surface area contributed by atoms with Gasteiger partial charge in [-0.2, -0.15) is 0 Å². The predicted octanol–water partition coefficient (Wildman–Crippen LogP) is 8.10. The van der Waals surface area contributed by atoms with Crippen molar-refractivity contribution in [3.05, 3.63) is 178 Å². The van der Waals surface area contributed by atoms with Crippen molar-refractivity contribution in [2.24, 2.45) is 5.16 Å². The monoisotopic (exact) mass is 925 g/mol. The number of carbonyl (C=O) groups is 3. The van der Waals surface area contributed by atoms with Gasteiger partial charge in [0.05, 0.1) is 18.0 Å². The van der Waals surface area contributed by atoms with Gasteiger partial charge in [0, 0.05) is 23.1 Å². The van der Waals surface area contributed by atoms with Crippen LogP contribution in [0.25, 0.3) is 10.2 Å². The van der Waals surface area contributed by atoms with Gasteiger partial charge >= 0.3 is 5.97 Å². The molecule has 13 nitrogen and oxygen atoms in total. The van der Waals surface area contributed by atoms with Gasteiger partial charge in [-0.15, -0.1) is 34.4 Å². The van der Waals surface area contributed by atoms with Crippen LogP contribution < -0.4 is 15.4 Å². The number of ether oxygens (including phenoxy) is 2. The molecular weight excluding hydrogens is 887 g/mol. The molecule has 322 valence electrons. The first kappa shape index (κ1) is 42.8. The van der Waals surface area contributed by atoms with Crippen LogP contribution in [-0.4, -0.2) is 80.5 Å². The fourth-order valence-corrected chi connectivity index (χ4v) is 11.8. The maximum atomic E-state index is 14.2. The fourth-order valence-electron chi connectivity index (χ4n) is 7.58. The van der Waals surface area contributed by atoms with Crippen molar-refractivity contribution in [3.8, 4) is 5.75 Å². The Hall–Kier alpha value is -6.53. The summed E-state index contributed by atoms with van der Waals surface area (Å²) in [6.07, 6.45) is 3.44. The van der Waals surface area contributed by atoms with Gasteiger partial charge in [0.1, 0.15) is 53.3 Å². The molecule has 9 rings (SSSR count). The summed E-state index contributed by atoms with van der Waals surface area (Å²) in [6.45, 7) is -0.0118. The highest BCUT2D eigenvalue weighted by Gasteiger charge is 2.55. The maximum Gasteiger partial charge on any atom is 0.355 e. The number of hydrogen-bond donors (Lipinski definition) is 2. The van der Waals surface area contributed by atoms with E-state index in [-0.39, 0.29) is 23.7 Å². The highest BCUT2D eigenvalue weighted by atomic mass is 32.2. The number of methoxy groups -OCH3 is 1. The maximum absolute atomic E-state index is 14.2. The van der Waals surface area contributed by atoms with Gasteiger partial charge in [-0.25, -0.2) is 14.8 Å². The molecule has 2 atom stereocenters. The second kappa shape index (κ2) is 19.1. The average molecular weight is 926 g/mol. The summed E-state index contributed by atoms with van der Waals surface area (Å²) in [4.78, 5) is 62.6. The molecule has 64 heavy (non-hydrogen) atoms. The van der Waals surface area contributed by atoms with Crippen LogP contribution in [0, 0.1) is 0 Å². The lowest BCUT2D eigenvalue weighted by Crippen LogP contribution is -2.71. The Labute approximate surface area is 385 Å². The SMILES string of the molecule is CO/N=C(\C(=O)NC1C(=O)N2C(C(=O)OCc3ccc(OC)cc3)=C(CSc3nc4cnccc4s3)CSC12)c1csc(NC(c2ccccc2)(c2ccccc2)c2ccccc2)n1. The number of rotatable bonds is 16. The Morgan fingerprint density at radius 1 is 0.891 bits per heavy atom. The zero-order valence-corrected chi connectivity index (χ0v) is 37.6. The second-order valence-electron chi connectivity index (χ2n) is 14.5. The van der Waals surface area contributed by atoms with E-state index in [1.165, 1.54) is 58.2 Å². The number of aromatic nitrogens is 3. The van der Waals surface area contributed by atoms with Crippen molar-refractivity contribution in [2.75, 3.05) is 31.0 Å². The molecule has 5 heterocycles. The first-order valence-corrected chi connectivity index (χ1v) is 23.7. The Kier molecular flexibility index (Phi) is 12.7. The molecule has 0 radical (unpaired) electrons. The molecule has 4 aromatic carbocycles. The minimum absolute atomic E-state index is 0.0118. The molecule has 2 N–H and O–H groups in total. The molecule has 2 aliphatic rings. The zero-order valence-electron chi connectivity index (χ0n) is 34.4. The topological polar surface area (TPSA) is 157 Å². The zero-order chi connectivity index (χ0) is 44.0. The third kappa shape index (κ3) is 8.58. The van der Waals surface area contributed by atoms with E-state index >= 15 is 0 Å². The van der Waals surface area contributed by atoms with Crippen molar-refractivity contribution in [3.63, 3.8) is 0 Å². The molecular formula is C47H39N7O6S4. The molecule has 7 aromatic rings. The van der Waals surface area contributed by atoms with Gasteiger partial charge in [0.2, 0.25) is 0 Å². The molecule has 1 fully saturated rings. The number of fused-ring (bicyclic) bond motifs is 2. The smallest absolute Gasteiger partial charge is 0.355 e. The summed E-state index contributed by atoms with van der Waals surface area (Å²) in [5.41, 5.74) is 4.68. The molecule has 3 aromatic heterocycles. The van der Waals surface area contributed by atoms with Gasteiger partial charge in [-0.1, -0.05) is 120 Å². The molecule has 2 amide bonds. The Bertz CT molecular complexity index is 2730. The minimum atomic E-state index is -0.965. The van der Waals surface area contributed by atoms with E-state index in [4.69, 9.17) is 19.3 Å². The van der Waals surface area contributed by atoms with E-state index in [1.54, 1.807) is 37.0 Å². The fraction of sp³-hybridized carbons (Fsp3) is 0.170. The number of benzene rings is 4. The molecule has 2 unspecified atom stereocenters. The molecule has 2 aliphatic heterocycles. The van der Waals surface area contributed by atoms with Crippen LogP contribution in [-0.2, 0) is 36.1 Å². The third-order valence-electron chi connectivity index (χ3n) is 10.7. The van der Waals surface area contributed by atoms with Crippen molar-refractivity contribution < 1.29 is 28.7 Å². The molecule has 0 aliphatic carbocycles. The molecule has 0 saturated carbocycles. The molecule has 17 heteroatoms. The van der Waals surface area contributed by atoms with Gasteiger partial charge in [-0.3, -0.25) is 19.5 Å². The number of oxime groups is 1. The molecule has 0 spiro atoms. The highest BCUT2D eigenvalue weighted by molar-refractivity contribution is 8.02. The second-order valence-corrected chi connectivity index (χ2v) is 18.7. The number of pyridine rings is 1. The number of esters is 1. The summed E-state index contributed by atoms with van der Waals surface area (Å²) < 4.78 is 12.9. The predicted molar refractivity (Wildman–Crippen MR) is 251 cm³/mol. The summed E-state index contributed by atoms with van der Waals surface area (Å²) in [5.74, 6) is -0.255. The average Bonchev–Trinajstić information content (AvgIpc) is 4.00. The van der Waals surface area contributed by atoms with Crippen molar-refractivity contribution >= 4 is 85.0 Å². The molecule has 0 bridgehead atoms. The van der Waals surface area contributed by atoms with Crippen LogP contribution in [0.15, 0.2) is 160 Å². The van der Waals surface area contributed by atoms with Crippen LogP contribution in [0.1, 0.15) is 27.9 Å².